The van der Waals surface area contributed by atoms with Crippen LogP contribution >= 0.6 is 22.6 Å². The van der Waals surface area contributed by atoms with Crippen LogP contribution in [0.25, 0.3) is 0 Å². The van der Waals surface area contributed by atoms with Crippen molar-refractivity contribution in [1.82, 2.24) is 5.32 Å². The second-order valence-corrected chi connectivity index (χ2v) is 2.37. The smallest absolute Gasteiger partial charge is 0.100 e. The molecule has 0 atom stereocenters. The van der Waals surface area contributed by atoms with Crippen molar-refractivity contribution < 1.29 is 0 Å². The molecule has 0 radical (unpaired) electrons. The second kappa shape index (κ2) is 5.81. The molecule has 0 saturated heterocycles. The first-order valence-corrected chi connectivity index (χ1v) is 3.57. The summed E-state index contributed by atoms with van der Waals surface area (Å²) in [5.41, 5.74) is 0. The van der Waals surface area contributed by atoms with Gasteiger partial charge in [0, 0.05) is 19.4 Å². The Morgan fingerprint density at radius 2 is 2.44 bits per heavy atom. The van der Waals surface area contributed by atoms with Crippen molar-refractivity contribution in [2.24, 2.45) is 4.99 Å². The lowest BCUT2D eigenvalue weighted by molar-refractivity contribution is 1.09. The second-order valence-electron chi connectivity index (χ2n) is 1.26. The SMILES string of the molecule is C=C/C(I)=N\C=C/NC. The third-order valence-corrected chi connectivity index (χ3v) is 1.33. The van der Waals surface area contributed by atoms with Gasteiger partial charge in [0.1, 0.15) is 3.72 Å². The van der Waals surface area contributed by atoms with E-state index in [0.29, 0.717) is 0 Å². The van der Waals surface area contributed by atoms with Gasteiger partial charge in [0.15, 0.2) is 0 Å². The zero-order valence-corrected chi connectivity index (χ0v) is 7.42. The third kappa shape index (κ3) is 5.55. The summed E-state index contributed by atoms with van der Waals surface area (Å²) in [6.45, 7) is 3.55. The largest absolute Gasteiger partial charge is 0.393 e. The van der Waals surface area contributed by atoms with Crippen molar-refractivity contribution in [3.05, 3.63) is 25.1 Å². The van der Waals surface area contributed by atoms with Gasteiger partial charge in [0.05, 0.1) is 0 Å². The number of rotatable bonds is 3. The van der Waals surface area contributed by atoms with Gasteiger partial charge in [-0.25, -0.2) is 4.99 Å². The maximum atomic E-state index is 3.97. The summed E-state index contributed by atoms with van der Waals surface area (Å²) in [5.74, 6) is 0. The number of aliphatic imine (C=N–C) groups is 1. The van der Waals surface area contributed by atoms with E-state index < -0.39 is 0 Å². The molecule has 0 fully saturated rings. The maximum absolute atomic E-state index is 3.97. The highest BCUT2D eigenvalue weighted by atomic mass is 127. The van der Waals surface area contributed by atoms with E-state index in [2.05, 4.69) is 39.5 Å². The van der Waals surface area contributed by atoms with Crippen molar-refractivity contribution in [1.29, 1.82) is 0 Å². The van der Waals surface area contributed by atoms with Gasteiger partial charge in [0.2, 0.25) is 0 Å². The van der Waals surface area contributed by atoms with Crippen LogP contribution in [-0.2, 0) is 0 Å². The molecule has 0 aromatic carbocycles. The van der Waals surface area contributed by atoms with Crippen molar-refractivity contribution in [3.63, 3.8) is 0 Å². The summed E-state index contributed by atoms with van der Waals surface area (Å²) in [4.78, 5) is 3.97. The summed E-state index contributed by atoms with van der Waals surface area (Å²) >= 11 is 2.10. The molecule has 3 heteroatoms. The van der Waals surface area contributed by atoms with Gasteiger partial charge >= 0.3 is 0 Å². The van der Waals surface area contributed by atoms with E-state index in [1.807, 2.05) is 7.05 Å². The monoisotopic (exact) mass is 236 g/mol. The van der Waals surface area contributed by atoms with Crippen molar-refractivity contribution in [2.45, 2.75) is 0 Å². The Bertz CT molecular complexity index is 138. The number of nitrogens with zero attached hydrogens (tertiary/aromatic N) is 1. The Morgan fingerprint density at radius 3 is 2.89 bits per heavy atom. The van der Waals surface area contributed by atoms with Gasteiger partial charge in [-0.15, -0.1) is 0 Å². The minimum absolute atomic E-state index is 0.888. The number of allylic oxidation sites excluding steroid dienone is 1. The van der Waals surface area contributed by atoms with E-state index in [1.54, 1.807) is 18.5 Å². The Labute approximate surface area is 68.9 Å². The van der Waals surface area contributed by atoms with E-state index in [1.165, 1.54) is 0 Å². The molecule has 0 aromatic heterocycles. The topological polar surface area (TPSA) is 24.4 Å². The van der Waals surface area contributed by atoms with Crippen LogP contribution < -0.4 is 5.32 Å². The van der Waals surface area contributed by atoms with Crippen molar-refractivity contribution >= 4 is 26.3 Å². The summed E-state index contributed by atoms with van der Waals surface area (Å²) < 4.78 is 0.888. The zero-order valence-electron chi connectivity index (χ0n) is 5.26. The summed E-state index contributed by atoms with van der Waals surface area (Å²) in [6, 6.07) is 0. The van der Waals surface area contributed by atoms with E-state index in [0.717, 1.165) is 3.72 Å². The Hall–Kier alpha value is -0.320. The van der Waals surface area contributed by atoms with Crippen LogP contribution in [0.5, 0.6) is 0 Å². The molecule has 0 aliphatic heterocycles. The van der Waals surface area contributed by atoms with Gasteiger partial charge in [-0.2, -0.15) is 0 Å². The molecule has 0 rings (SSSR count). The van der Waals surface area contributed by atoms with E-state index in [-0.39, 0.29) is 0 Å². The average Bonchev–Trinajstić information content (AvgIpc) is 1.89. The standard InChI is InChI=1S/C6H9IN2/c1-3-6(7)9-5-4-8-2/h3-5,8H,1H2,2H3/b5-4-,9-6+. The molecule has 0 spiro atoms. The molecular weight excluding hydrogens is 227 g/mol. The first-order chi connectivity index (χ1) is 4.31. The predicted octanol–water partition coefficient (Wildman–Crippen LogP) is 1.70. The summed E-state index contributed by atoms with van der Waals surface area (Å²) in [6.07, 6.45) is 5.13. The molecule has 0 saturated carbocycles. The summed E-state index contributed by atoms with van der Waals surface area (Å²) in [7, 11) is 1.83. The molecule has 0 aliphatic rings. The minimum Gasteiger partial charge on any atom is -0.393 e. The highest BCUT2D eigenvalue weighted by Gasteiger charge is 1.75. The molecule has 0 amide bonds. The minimum atomic E-state index is 0.888. The van der Waals surface area contributed by atoms with Crippen LogP contribution in [0.1, 0.15) is 0 Å². The fraction of sp³-hybridized carbons (Fsp3) is 0.167. The highest BCUT2D eigenvalue weighted by molar-refractivity contribution is 14.1. The van der Waals surface area contributed by atoms with Gasteiger partial charge < -0.3 is 5.32 Å². The van der Waals surface area contributed by atoms with Crippen molar-refractivity contribution in [3.8, 4) is 0 Å². The summed E-state index contributed by atoms with van der Waals surface area (Å²) in [5, 5.41) is 2.82. The average molecular weight is 236 g/mol. The van der Waals surface area contributed by atoms with Gasteiger partial charge in [0.25, 0.3) is 0 Å². The fourth-order valence-corrected chi connectivity index (χ4v) is 0.397. The van der Waals surface area contributed by atoms with Gasteiger partial charge in [-0.1, -0.05) is 6.58 Å². The number of halogens is 1. The molecule has 0 heterocycles. The third-order valence-electron chi connectivity index (χ3n) is 0.608. The molecule has 9 heavy (non-hydrogen) atoms. The lowest BCUT2D eigenvalue weighted by Crippen LogP contribution is -1.90. The number of hydrogen-bond donors (Lipinski definition) is 1. The lowest BCUT2D eigenvalue weighted by atomic mass is 10.7. The predicted molar refractivity (Wildman–Crippen MR) is 49.9 cm³/mol. The highest BCUT2D eigenvalue weighted by Crippen LogP contribution is 1.91. The Kier molecular flexibility index (Phi) is 5.60. The Balaban J connectivity index is 3.68. The quantitative estimate of drug-likeness (QED) is 0.585. The van der Waals surface area contributed by atoms with Crippen LogP contribution in [0.4, 0.5) is 0 Å². The van der Waals surface area contributed by atoms with Crippen LogP contribution in [0.15, 0.2) is 30.0 Å². The van der Waals surface area contributed by atoms with E-state index in [4.69, 9.17) is 0 Å². The van der Waals surface area contributed by atoms with Gasteiger partial charge in [-0.05, 0) is 28.7 Å². The molecule has 0 aliphatic carbocycles. The van der Waals surface area contributed by atoms with Crippen LogP contribution in [0.2, 0.25) is 0 Å². The molecular formula is C6H9IN2. The fourth-order valence-electron chi connectivity index (χ4n) is 0.236. The number of nitrogens with one attached hydrogen (secondary N) is 1. The molecule has 0 bridgehead atoms. The van der Waals surface area contributed by atoms with Gasteiger partial charge in [-0.3, -0.25) is 0 Å². The molecule has 1 N–H and O–H groups in total. The lowest BCUT2D eigenvalue weighted by Gasteiger charge is -1.82. The zero-order chi connectivity index (χ0) is 7.11. The van der Waals surface area contributed by atoms with Crippen LogP contribution in [0, 0.1) is 0 Å². The first-order valence-electron chi connectivity index (χ1n) is 2.49. The molecule has 2 nitrogen and oxygen atoms in total. The molecule has 50 valence electrons. The van der Waals surface area contributed by atoms with Crippen LogP contribution in [-0.4, -0.2) is 10.8 Å². The Morgan fingerprint density at radius 1 is 1.78 bits per heavy atom. The molecule has 0 unspecified atom stereocenters. The normalized spacial score (nSPS) is 12.0. The maximum Gasteiger partial charge on any atom is 0.100 e. The van der Waals surface area contributed by atoms with E-state index >= 15 is 0 Å². The molecule has 0 aromatic rings. The van der Waals surface area contributed by atoms with E-state index in [9.17, 15) is 0 Å². The number of hydrogen-bond acceptors (Lipinski definition) is 2. The van der Waals surface area contributed by atoms with Crippen molar-refractivity contribution in [2.75, 3.05) is 7.05 Å². The van der Waals surface area contributed by atoms with Crippen LogP contribution in [0.3, 0.4) is 0 Å². The first kappa shape index (κ1) is 8.68.